The van der Waals surface area contributed by atoms with Crippen LogP contribution in [0.1, 0.15) is 24.8 Å². The molecule has 18 heavy (non-hydrogen) atoms. The Morgan fingerprint density at radius 1 is 1.61 bits per heavy atom. The lowest BCUT2D eigenvalue weighted by molar-refractivity contribution is -0.123. The number of aryl methyl sites for hydroxylation is 1. The van der Waals surface area contributed by atoms with Crippen LogP contribution >= 0.6 is 12.4 Å². The molecule has 1 saturated heterocycles. The van der Waals surface area contributed by atoms with E-state index in [0.29, 0.717) is 6.54 Å². The number of halogens is 1. The Morgan fingerprint density at radius 3 is 3.06 bits per heavy atom. The van der Waals surface area contributed by atoms with Crippen LogP contribution in [0.15, 0.2) is 12.4 Å². The van der Waals surface area contributed by atoms with Crippen LogP contribution in [-0.2, 0) is 18.3 Å². The molecule has 0 unspecified atom stereocenters. The van der Waals surface area contributed by atoms with E-state index in [1.54, 1.807) is 4.68 Å². The van der Waals surface area contributed by atoms with E-state index in [2.05, 4.69) is 15.7 Å². The van der Waals surface area contributed by atoms with Crippen molar-refractivity contribution in [2.24, 2.45) is 7.05 Å². The van der Waals surface area contributed by atoms with Crippen LogP contribution in [0.4, 0.5) is 0 Å². The molecule has 1 amide bonds. The smallest absolute Gasteiger partial charge is 0.237 e. The molecule has 1 aliphatic rings. The summed E-state index contributed by atoms with van der Waals surface area (Å²) in [6.07, 6.45) is 7.94. The van der Waals surface area contributed by atoms with Crippen LogP contribution in [0.25, 0.3) is 0 Å². The third-order valence-electron chi connectivity index (χ3n) is 3.10. The first-order valence-electron chi connectivity index (χ1n) is 6.24. The molecule has 2 rings (SSSR count). The van der Waals surface area contributed by atoms with Crippen molar-refractivity contribution in [3.8, 4) is 0 Å². The molecule has 0 bridgehead atoms. The molecule has 1 aromatic heterocycles. The molecule has 0 aliphatic carbocycles. The lowest BCUT2D eigenvalue weighted by atomic mass is 10.0. The van der Waals surface area contributed by atoms with Gasteiger partial charge in [0, 0.05) is 19.8 Å². The summed E-state index contributed by atoms with van der Waals surface area (Å²) in [5, 5.41) is 10.3. The predicted molar refractivity (Wildman–Crippen MR) is 72.8 cm³/mol. The molecule has 0 aromatic carbocycles. The molecule has 1 aromatic rings. The van der Waals surface area contributed by atoms with Crippen molar-refractivity contribution >= 4 is 18.3 Å². The van der Waals surface area contributed by atoms with Gasteiger partial charge in [0.15, 0.2) is 0 Å². The second-order valence-corrected chi connectivity index (χ2v) is 4.57. The quantitative estimate of drug-likeness (QED) is 0.846. The van der Waals surface area contributed by atoms with E-state index in [1.807, 2.05) is 19.4 Å². The fraction of sp³-hybridized carbons (Fsp3) is 0.667. The molecule has 1 aliphatic heterocycles. The highest BCUT2D eigenvalue weighted by atomic mass is 35.5. The number of amides is 1. The summed E-state index contributed by atoms with van der Waals surface area (Å²) < 4.78 is 1.78. The average molecular weight is 273 g/mol. The first-order chi connectivity index (χ1) is 8.25. The zero-order valence-electron chi connectivity index (χ0n) is 10.7. The van der Waals surface area contributed by atoms with E-state index in [1.165, 1.54) is 6.42 Å². The summed E-state index contributed by atoms with van der Waals surface area (Å²) >= 11 is 0. The number of carbonyl (C=O) groups excluding carboxylic acids is 1. The monoisotopic (exact) mass is 272 g/mol. The number of nitrogens with one attached hydrogen (secondary N) is 2. The predicted octanol–water partition coefficient (Wildman–Crippen LogP) is 0.643. The van der Waals surface area contributed by atoms with Gasteiger partial charge in [-0.1, -0.05) is 6.42 Å². The number of piperidine rings is 1. The van der Waals surface area contributed by atoms with Crippen molar-refractivity contribution < 1.29 is 4.79 Å². The molecular formula is C12H21ClN4O. The van der Waals surface area contributed by atoms with Gasteiger partial charge >= 0.3 is 0 Å². The van der Waals surface area contributed by atoms with Crippen LogP contribution < -0.4 is 10.6 Å². The number of nitrogens with zero attached hydrogens (tertiary/aromatic N) is 2. The van der Waals surface area contributed by atoms with Gasteiger partial charge < -0.3 is 10.6 Å². The summed E-state index contributed by atoms with van der Waals surface area (Å²) in [5.74, 6) is 0.133. The maximum atomic E-state index is 11.8. The maximum Gasteiger partial charge on any atom is 0.237 e. The Kier molecular flexibility index (Phi) is 6.15. The average Bonchev–Trinajstić information content (AvgIpc) is 2.76. The third-order valence-corrected chi connectivity index (χ3v) is 3.10. The van der Waals surface area contributed by atoms with E-state index >= 15 is 0 Å². The molecule has 1 fully saturated rings. The first kappa shape index (κ1) is 15.0. The van der Waals surface area contributed by atoms with Gasteiger partial charge in [-0.05, 0) is 31.4 Å². The van der Waals surface area contributed by atoms with E-state index in [0.717, 1.165) is 31.4 Å². The van der Waals surface area contributed by atoms with Crippen LogP contribution in [-0.4, -0.2) is 34.8 Å². The molecule has 0 spiro atoms. The van der Waals surface area contributed by atoms with Crippen LogP contribution in [0, 0.1) is 0 Å². The van der Waals surface area contributed by atoms with E-state index < -0.39 is 0 Å². The molecule has 1 atom stereocenters. The Labute approximate surface area is 114 Å². The summed E-state index contributed by atoms with van der Waals surface area (Å²) in [6.45, 7) is 1.64. The van der Waals surface area contributed by atoms with Gasteiger partial charge in [-0.3, -0.25) is 9.48 Å². The highest BCUT2D eigenvalue weighted by molar-refractivity contribution is 5.85. The Morgan fingerprint density at radius 2 is 2.44 bits per heavy atom. The number of hydrogen-bond donors (Lipinski definition) is 2. The Bertz CT molecular complexity index is 374. The van der Waals surface area contributed by atoms with Crippen LogP contribution in [0.3, 0.4) is 0 Å². The topological polar surface area (TPSA) is 59.0 Å². The number of rotatable bonds is 4. The van der Waals surface area contributed by atoms with Crippen molar-refractivity contribution in [1.29, 1.82) is 0 Å². The molecule has 2 N–H and O–H groups in total. The highest BCUT2D eigenvalue weighted by Crippen LogP contribution is 2.06. The summed E-state index contributed by atoms with van der Waals surface area (Å²) in [6, 6.07) is 0.0117. The molecular weight excluding hydrogens is 252 g/mol. The minimum atomic E-state index is 0. The largest absolute Gasteiger partial charge is 0.354 e. The number of aromatic nitrogens is 2. The highest BCUT2D eigenvalue weighted by Gasteiger charge is 2.19. The van der Waals surface area contributed by atoms with Gasteiger partial charge in [-0.25, -0.2) is 0 Å². The number of carbonyl (C=O) groups is 1. The van der Waals surface area contributed by atoms with Gasteiger partial charge in [0.1, 0.15) is 0 Å². The second kappa shape index (κ2) is 7.38. The standard InChI is InChI=1S/C12H20N4O.ClH/c1-16-9-10(8-15-16)5-7-14-12(17)11-4-2-3-6-13-11;/h8-9,11,13H,2-7H2,1H3,(H,14,17);1H/t11-;/m1./s1. The van der Waals surface area contributed by atoms with Crippen molar-refractivity contribution in [3.05, 3.63) is 18.0 Å². The summed E-state index contributed by atoms with van der Waals surface area (Å²) in [5.41, 5.74) is 1.16. The van der Waals surface area contributed by atoms with Crippen molar-refractivity contribution in [1.82, 2.24) is 20.4 Å². The van der Waals surface area contributed by atoms with Crippen molar-refractivity contribution in [2.45, 2.75) is 31.7 Å². The normalized spacial score (nSPS) is 19.1. The van der Waals surface area contributed by atoms with Crippen molar-refractivity contribution in [3.63, 3.8) is 0 Å². The Balaban J connectivity index is 0.00000162. The molecule has 6 heteroatoms. The van der Waals surface area contributed by atoms with Gasteiger partial charge in [-0.15, -0.1) is 12.4 Å². The van der Waals surface area contributed by atoms with Gasteiger partial charge in [0.05, 0.1) is 12.2 Å². The van der Waals surface area contributed by atoms with Gasteiger partial charge in [0.25, 0.3) is 0 Å². The first-order valence-corrected chi connectivity index (χ1v) is 6.24. The molecule has 0 radical (unpaired) electrons. The minimum absolute atomic E-state index is 0. The number of hydrogen-bond acceptors (Lipinski definition) is 3. The van der Waals surface area contributed by atoms with E-state index in [4.69, 9.17) is 0 Å². The lowest BCUT2D eigenvalue weighted by Crippen LogP contribution is -2.47. The maximum absolute atomic E-state index is 11.8. The van der Waals surface area contributed by atoms with Crippen molar-refractivity contribution in [2.75, 3.05) is 13.1 Å². The second-order valence-electron chi connectivity index (χ2n) is 4.57. The van der Waals surface area contributed by atoms with Crippen LogP contribution in [0.5, 0.6) is 0 Å². The fourth-order valence-electron chi connectivity index (χ4n) is 2.13. The molecule has 102 valence electrons. The van der Waals surface area contributed by atoms with Gasteiger partial charge in [0.2, 0.25) is 5.91 Å². The van der Waals surface area contributed by atoms with Gasteiger partial charge in [-0.2, -0.15) is 5.10 Å². The molecule has 2 heterocycles. The summed E-state index contributed by atoms with van der Waals surface area (Å²) in [7, 11) is 1.90. The third kappa shape index (κ3) is 4.31. The van der Waals surface area contributed by atoms with E-state index in [9.17, 15) is 4.79 Å². The summed E-state index contributed by atoms with van der Waals surface area (Å²) in [4.78, 5) is 11.8. The zero-order chi connectivity index (χ0) is 12.1. The minimum Gasteiger partial charge on any atom is -0.354 e. The zero-order valence-corrected chi connectivity index (χ0v) is 11.5. The van der Waals surface area contributed by atoms with E-state index in [-0.39, 0.29) is 24.4 Å². The SMILES string of the molecule is Cl.Cn1cc(CCNC(=O)[C@H]2CCCCN2)cn1. The van der Waals surface area contributed by atoms with Crippen LogP contribution in [0.2, 0.25) is 0 Å². The lowest BCUT2D eigenvalue weighted by Gasteiger charge is -2.22. The Hall–Kier alpha value is -1.07. The fourth-order valence-corrected chi connectivity index (χ4v) is 2.13. The molecule has 5 nitrogen and oxygen atoms in total. The molecule has 0 saturated carbocycles.